The molecule has 0 atom stereocenters. The number of halogens is 1. The second kappa shape index (κ2) is 5.88. The Hall–Kier alpha value is -1.47. The van der Waals surface area contributed by atoms with E-state index in [4.69, 9.17) is 5.11 Å². The van der Waals surface area contributed by atoms with E-state index in [0.29, 0.717) is 21.7 Å². The second-order valence-corrected chi connectivity index (χ2v) is 5.88. The molecule has 1 fully saturated rings. The largest absolute Gasteiger partial charge is 0.392 e. The van der Waals surface area contributed by atoms with Gasteiger partial charge in [-0.1, -0.05) is 18.9 Å². The Labute approximate surface area is 120 Å². The normalized spacial score (nSPS) is 15.9. The van der Waals surface area contributed by atoms with Crippen molar-refractivity contribution >= 4 is 11.8 Å². The van der Waals surface area contributed by atoms with Crippen LogP contribution in [-0.4, -0.2) is 25.3 Å². The first-order chi connectivity index (χ1) is 9.78. The van der Waals surface area contributed by atoms with Crippen molar-refractivity contribution in [2.24, 2.45) is 0 Å². The van der Waals surface area contributed by atoms with Crippen molar-refractivity contribution < 1.29 is 9.50 Å². The summed E-state index contributed by atoms with van der Waals surface area (Å²) < 4.78 is 15.7. The fourth-order valence-electron chi connectivity index (χ4n) is 2.45. The van der Waals surface area contributed by atoms with Crippen LogP contribution >= 0.6 is 11.8 Å². The number of hydrogen-bond acceptors (Lipinski definition) is 5. The third kappa shape index (κ3) is 2.69. The molecule has 1 aliphatic rings. The zero-order chi connectivity index (χ0) is 13.9. The lowest BCUT2D eigenvalue weighted by Gasteiger charge is -2.11. The number of aliphatic hydroxyl groups is 1. The zero-order valence-corrected chi connectivity index (χ0v) is 11.7. The van der Waals surface area contributed by atoms with Crippen LogP contribution in [0.5, 0.6) is 0 Å². The number of rotatable bonds is 4. The summed E-state index contributed by atoms with van der Waals surface area (Å²) in [4.78, 5) is 0.469. The molecule has 1 heterocycles. The molecule has 3 rings (SSSR count). The van der Waals surface area contributed by atoms with Crippen molar-refractivity contribution in [3.63, 3.8) is 0 Å². The van der Waals surface area contributed by atoms with Crippen LogP contribution in [0.25, 0.3) is 0 Å². The fraction of sp³-hybridized carbons (Fsp3) is 0.462. The summed E-state index contributed by atoms with van der Waals surface area (Å²) in [6, 6.07) is 5.02. The minimum atomic E-state index is -0.359. The smallest absolute Gasteiger partial charge is 0.214 e. The minimum Gasteiger partial charge on any atom is -0.392 e. The first-order valence-electron chi connectivity index (χ1n) is 6.63. The van der Waals surface area contributed by atoms with Gasteiger partial charge in [-0.2, -0.15) is 0 Å². The van der Waals surface area contributed by atoms with E-state index in [0.717, 1.165) is 12.8 Å². The van der Waals surface area contributed by atoms with Gasteiger partial charge in [0.15, 0.2) is 0 Å². The number of nitrogens with zero attached hydrogens (tertiary/aromatic N) is 4. The van der Waals surface area contributed by atoms with Crippen LogP contribution in [0, 0.1) is 5.82 Å². The number of hydrogen-bond donors (Lipinski definition) is 1. The van der Waals surface area contributed by atoms with Gasteiger partial charge in [-0.05, 0) is 52.7 Å². The molecule has 1 aliphatic carbocycles. The van der Waals surface area contributed by atoms with Crippen molar-refractivity contribution in [2.45, 2.75) is 48.4 Å². The summed E-state index contributed by atoms with van der Waals surface area (Å²) in [5, 5.41) is 21.3. The molecule has 0 unspecified atom stereocenters. The summed E-state index contributed by atoms with van der Waals surface area (Å²) >= 11 is 1.22. The molecular formula is C13H15FN4OS. The molecule has 1 aromatic carbocycles. The van der Waals surface area contributed by atoms with Gasteiger partial charge in [0.05, 0.1) is 17.5 Å². The molecule has 0 aliphatic heterocycles. The second-order valence-electron chi connectivity index (χ2n) is 4.87. The topological polar surface area (TPSA) is 63.8 Å². The predicted molar refractivity (Wildman–Crippen MR) is 71.8 cm³/mol. The molecule has 0 amide bonds. The van der Waals surface area contributed by atoms with E-state index in [2.05, 4.69) is 15.5 Å². The van der Waals surface area contributed by atoms with Gasteiger partial charge >= 0.3 is 0 Å². The average Bonchev–Trinajstić information content (AvgIpc) is 3.11. The third-order valence-corrected chi connectivity index (χ3v) is 4.52. The highest BCUT2D eigenvalue weighted by Crippen LogP contribution is 2.34. The summed E-state index contributed by atoms with van der Waals surface area (Å²) in [7, 11) is 0. The quantitative estimate of drug-likeness (QED) is 0.939. The predicted octanol–water partition coefficient (Wildman–Crippen LogP) is 2.57. The molecule has 0 saturated heterocycles. The van der Waals surface area contributed by atoms with Gasteiger partial charge in [0.1, 0.15) is 5.82 Å². The standard InChI is InChI=1S/C13H15FN4OS/c14-11-7-9(8-19)5-6-12(11)20-13-15-16-17-18(13)10-3-1-2-4-10/h5-7,10,19H,1-4,8H2. The van der Waals surface area contributed by atoms with Crippen LogP contribution in [0.4, 0.5) is 4.39 Å². The van der Waals surface area contributed by atoms with E-state index < -0.39 is 0 Å². The fourth-order valence-corrected chi connectivity index (χ4v) is 3.30. The highest BCUT2D eigenvalue weighted by atomic mass is 32.2. The molecule has 20 heavy (non-hydrogen) atoms. The lowest BCUT2D eigenvalue weighted by Crippen LogP contribution is -2.08. The average molecular weight is 294 g/mol. The van der Waals surface area contributed by atoms with E-state index in [-0.39, 0.29) is 12.4 Å². The Bertz CT molecular complexity index is 598. The highest BCUT2D eigenvalue weighted by molar-refractivity contribution is 7.99. The van der Waals surface area contributed by atoms with Crippen LogP contribution in [-0.2, 0) is 6.61 Å². The van der Waals surface area contributed by atoms with E-state index >= 15 is 0 Å². The molecule has 7 heteroatoms. The molecule has 0 spiro atoms. The Balaban J connectivity index is 1.83. The number of tetrazole rings is 1. The molecule has 1 aromatic heterocycles. The van der Waals surface area contributed by atoms with Gasteiger partial charge in [0.2, 0.25) is 5.16 Å². The van der Waals surface area contributed by atoms with Crippen molar-refractivity contribution in [3.8, 4) is 0 Å². The molecule has 106 valence electrons. The van der Waals surface area contributed by atoms with E-state index in [1.54, 1.807) is 16.8 Å². The van der Waals surface area contributed by atoms with Crippen LogP contribution < -0.4 is 0 Å². The summed E-state index contributed by atoms with van der Waals surface area (Å²) in [5.41, 5.74) is 0.558. The van der Waals surface area contributed by atoms with Gasteiger partial charge in [-0.3, -0.25) is 0 Å². The van der Waals surface area contributed by atoms with Crippen LogP contribution in [0.15, 0.2) is 28.3 Å². The maximum Gasteiger partial charge on any atom is 0.214 e. The molecule has 2 aromatic rings. The summed E-state index contributed by atoms with van der Waals surface area (Å²) in [6.07, 6.45) is 4.53. The van der Waals surface area contributed by atoms with E-state index in [1.807, 2.05) is 0 Å². The van der Waals surface area contributed by atoms with Gasteiger partial charge in [0, 0.05) is 0 Å². The minimum absolute atomic E-state index is 0.165. The number of aliphatic hydroxyl groups excluding tert-OH is 1. The number of aromatic nitrogens is 4. The van der Waals surface area contributed by atoms with Crippen molar-refractivity contribution in [2.75, 3.05) is 0 Å². The van der Waals surface area contributed by atoms with Crippen molar-refractivity contribution in [3.05, 3.63) is 29.6 Å². The molecular weight excluding hydrogens is 279 g/mol. The lowest BCUT2D eigenvalue weighted by atomic mass is 10.2. The summed E-state index contributed by atoms with van der Waals surface area (Å²) in [6.45, 7) is -0.165. The van der Waals surface area contributed by atoms with Crippen molar-refractivity contribution in [1.29, 1.82) is 0 Å². The molecule has 0 bridgehead atoms. The third-order valence-electron chi connectivity index (χ3n) is 3.51. The van der Waals surface area contributed by atoms with Gasteiger partial charge in [-0.25, -0.2) is 9.07 Å². The molecule has 5 nitrogen and oxygen atoms in total. The maximum atomic E-state index is 13.9. The maximum absolute atomic E-state index is 13.9. The van der Waals surface area contributed by atoms with Crippen LogP contribution in [0.2, 0.25) is 0 Å². The Morgan fingerprint density at radius 3 is 2.85 bits per heavy atom. The van der Waals surface area contributed by atoms with Crippen LogP contribution in [0.1, 0.15) is 37.3 Å². The Morgan fingerprint density at radius 1 is 1.35 bits per heavy atom. The van der Waals surface area contributed by atoms with Gasteiger partial charge in [0.25, 0.3) is 0 Å². The van der Waals surface area contributed by atoms with Crippen molar-refractivity contribution in [1.82, 2.24) is 20.2 Å². The molecule has 1 N–H and O–H groups in total. The summed E-state index contributed by atoms with van der Waals surface area (Å²) in [5.74, 6) is -0.359. The van der Waals surface area contributed by atoms with Gasteiger partial charge in [-0.15, -0.1) is 5.10 Å². The monoisotopic (exact) mass is 294 g/mol. The van der Waals surface area contributed by atoms with E-state index in [9.17, 15) is 4.39 Å². The molecule has 0 radical (unpaired) electrons. The Morgan fingerprint density at radius 2 is 2.15 bits per heavy atom. The Kier molecular flexibility index (Phi) is 3.98. The first kappa shape index (κ1) is 13.5. The van der Waals surface area contributed by atoms with E-state index in [1.165, 1.54) is 30.7 Å². The number of benzene rings is 1. The SMILES string of the molecule is OCc1ccc(Sc2nnnn2C2CCCC2)c(F)c1. The lowest BCUT2D eigenvalue weighted by molar-refractivity contribution is 0.281. The van der Waals surface area contributed by atoms with Gasteiger partial charge < -0.3 is 5.11 Å². The first-order valence-corrected chi connectivity index (χ1v) is 7.44. The highest BCUT2D eigenvalue weighted by Gasteiger charge is 2.22. The van der Waals surface area contributed by atoms with Crippen LogP contribution in [0.3, 0.4) is 0 Å². The zero-order valence-electron chi connectivity index (χ0n) is 10.9. The molecule has 1 saturated carbocycles.